The molecule has 0 amide bonds. The molecule has 0 aliphatic carbocycles. The van der Waals surface area contributed by atoms with Gasteiger partial charge in [0, 0.05) is 11.4 Å². The van der Waals surface area contributed by atoms with Crippen LogP contribution < -0.4 is 5.14 Å². The van der Waals surface area contributed by atoms with E-state index in [1.54, 1.807) is 0 Å². The number of hydrogen-bond acceptors (Lipinski definition) is 3. The lowest BCUT2D eigenvalue weighted by molar-refractivity contribution is -0.136. The third-order valence-electron chi connectivity index (χ3n) is 0.696. The molecule has 0 aromatic rings. The molecule has 0 spiro atoms. The summed E-state index contributed by atoms with van der Waals surface area (Å²) in [7, 11) is 0. The van der Waals surface area contributed by atoms with E-state index < -0.39 is 22.6 Å². The van der Waals surface area contributed by atoms with Gasteiger partial charge in [0.15, 0.2) is 0 Å². The van der Waals surface area contributed by atoms with Crippen LogP contribution in [0.25, 0.3) is 0 Å². The second-order valence-electron chi connectivity index (χ2n) is 1.31. The van der Waals surface area contributed by atoms with Crippen LogP contribution in [0.15, 0.2) is 0 Å². The SMILES string of the molecule is CC(C(=O)O)[S+](N)[O-]. The van der Waals surface area contributed by atoms with Gasteiger partial charge < -0.3 is 9.66 Å². The second kappa shape index (κ2) is 2.91. The van der Waals surface area contributed by atoms with Crippen LogP contribution in [-0.2, 0) is 16.2 Å². The zero-order chi connectivity index (χ0) is 6.73. The lowest BCUT2D eigenvalue weighted by Crippen LogP contribution is -2.32. The van der Waals surface area contributed by atoms with E-state index in [1.165, 1.54) is 6.92 Å². The van der Waals surface area contributed by atoms with Crippen molar-refractivity contribution >= 4 is 17.3 Å². The normalized spacial score (nSPS) is 17.4. The zero-order valence-electron chi connectivity index (χ0n) is 4.33. The molecule has 0 rings (SSSR count). The van der Waals surface area contributed by atoms with Crippen LogP contribution >= 0.6 is 0 Å². The van der Waals surface area contributed by atoms with Gasteiger partial charge in [-0.05, 0) is 6.92 Å². The van der Waals surface area contributed by atoms with Crippen molar-refractivity contribution in [2.75, 3.05) is 0 Å². The molecule has 0 heterocycles. The van der Waals surface area contributed by atoms with Crippen molar-refractivity contribution in [1.29, 1.82) is 0 Å². The molecule has 0 radical (unpaired) electrons. The first-order chi connectivity index (χ1) is 3.55. The van der Waals surface area contributed by atoms with Gasteiger partial charge in [-0.3, -0.25) is 0 Å². The summed E-state index contributed by atoms with van der Waals surface area (Å²) < 4.78 is 10.1. The molecular formula is C3H7NO3S. The van der Waals surface area contributed by atoms with Gasteiger partial charge in [0.1, 0.15) is 0 Å². The van der Waals surface area contributed by atoms with Crippen molar-refractivity contribution in [2.24, 2.45) is 5.14 Å². The number of nitrogens with two attached hydrogens (primary N) is 1. The van der Waals surface area contributed by atoms with Gasteiger partial charge in [-0.25, -0.2) is 4.79 Å². The van der Waals surface area contributed by atoms with Crippen molar-refractivity contribution in [2.45, 2.75) is 12.2 Å². The predicted molar refractivity (Wildman–Crippen MR) is 29.4 cm³/mol. The molecule has 8 heavy (non-hydrogen) atoms. The molecule has 0 aliphatic rings. The van der Waals surface area contributed by atoms with E-state index >= 15 is 0 Å². The highest BCUT2D eigenvalue weighted by Crippen LogP contribution is 1.92. The maximum atomic E-state index is 10.1. The molecule has 2 atom stereocenters. The Hall–Kier alpha value is -0.260. The van der Waals surface area contributed by atoms with Crippen LogP contribution in [0.5, 0.6) is 0 Å². The average molecular weight is 137 g/mol. The first-order valence-corrected chi connectivity index (χ1v) is 3.21. The van der Waals surface area contributed by atoms with Crippen molar-refractivity contribution in [3.8, 4) is 0 Å². The first-order valence-electron chi connectivity index (χ1n) is 1.93. The molecule has 3 N–H and O–H groups in total. The summed E-state index contributed by atoms with van der Waals surface area (Å²) in [4.78, 5) is 9.87. The van der Waals surface area contributed by atoms with Crippen LogP contribution in [-0.4, -0.2) is 20.9 Å². The third-order valence-corrected chi connectivity index (χ3v) is 1.59. The molecule has 0 saturated heterocycles. The van der Waals surface area contributed by atoms with Crippen LogP contribution in [0.2, 0.25) is 0 Å². The Morgan fingerprint density at radius 3 is 2.38 bits per heavy atom. The van der Waals surface area contributed by atoms with Gasteiger partial charge in [0.05, 0.1) is 0 Å². The minimum Gasteiger partial charge on any atom is -0.598 e. The van der Waals surface area contributed by atoms with E-state index in [0.29, 0.717) is 0 Å². The zero-order valence-corrected chi connectivity index (χ0v) is 5.14. The van der Waals surface area contributed by atoms with Crippen molar-refractivity contribution in [1.82, 2.24) is 0 Å². The van der Waals surface area contributed by atoms with Gasteiger partial charge in [-0.2, -0.15) is 5.14 Å². The molecule has 2 unspecified atom stereocenters. The summed E-state index contributed by atoms with van der Waals surface area (Å²) in [6.07, 6.45) is 0. The molecule has 0 aromatic carbocycles. The van der Waals surface area contributed by atoms with Crippen molar-refractivity contribution < 1.29 is 14.5 Å². The molecule has 0 fully saturated rings. The number of rotatable bonds is 2. The van der Waals surface area contributed by atoms with Crippen LogP contribution in [0.3, 0.4) is 0 Å². The molecular weight excluding hydrogens is 130 g/mol. The van der Waals surface area contributed by atoms with E-state index in [-0.39, 0.29) is 0 Å². The molecule has 0 bridgehead atoms. The Morgan fingerprint density at radius 2 is 2.38 bits per heavy atom. The summed E-state index contributed by atoms with van der Waals surface area (Å²) in [6, 6.07) is 0. The van der Waals surface area contributed by atoms with E-state index in [2.05, 4.69) is 0 Å². The Kier molecular flexibility index (Phi) is 2.81. The summed E-state index contributed by atoms with van der Waals surface area (Å²) in [5.41, 5.74) is 0. The summed E-state index contributed by atoms with van der Waals surface area (Å²) in [6.45, 7) is 1.29. The monoisotopic (exact) mass is 137 g/mol. The largest absolute Gasteiger partial charge is 0.598 e. The fourth-order valence-corrected chi connectivity index (χ4v) is 0.298. The first kappa shape index (κ1) is 7.74. The van der Waals surface area contributed by atoms with E-state index in [1.807, 2.05) is 0 Å². The molecule has 48 valence electrons. The van der Waals surface area contributed by atoms with Crippen LogP contribution in [0, 0.1) is 0 Å². The van der Waals surface area contributed by atoms with Crippen LogP contribution in [0.4, 0.5) is 0 Å². The molecule has 4 nitrogen and oxygen atoms in total. The topological polar surface area (TPSA) is 86.4 Å². The highest BCUT2D eigenvalue weighted by molar-refractivity contribution is 7.90. The standard InChI is InChI=1S/C3H7NO3S/c1-2(3(5)6)8(4)7/h2H,4H2,1H3,(H,5,6). The van der Waals surface area contributed by atoms with E-state index in [9.17, 15) is 9.35 Å². The lowest BCUT2D eigenvalue weighted by atomic mass is 10.5. The van der Waals surface area contributed by atoms with Gasteiger partial charge >= 0.3 is 5.97 Å². The fraction of sp³-hybridized carbons (Fsp3) is 0.667. The number of carboxylic acids is 1. The van der Waals surface area contributed by atoms with E-state index in [4.69, 9.17) is 10.2 Å². The molecule has 0 saturated carbocycles. The maximum absolute atomic E-state index is 10.1. The lowest BCUT2D eigenvalue weighted by Gasteiger charge is -2.05. The van der Waals surface area contributed by atoms with Gasteiger partial charge in [-0.1, -0.05) is 0 Å². The molecule has 0 aromatic heterocycles. The highest BCUT2D eigenvalue weighted by Gasteiger charge is 2.20. The fourth-order valence-electron chi connectivity index (χ4n) is 0.0994. The summed E-state index contributed by atoms with van der Waals surface area (Å²) >= 11 is -1.74. The average Bonchev–Trinajstić information content (AvgIpc) is 1.64. The minimum absolute atomic E-state index is 0.963. The smallest absolute Gasteiger partial charge is 0.358 e. The third kappa shape index (κ3) is 2.15. The van der Waals surface area contributed by atoms with Crippen molar-refractivity contribution in [3.63, 3.8) is 0 Å². The van der Waals surface area contributed by atoms with Crippen molar-refractivity contribution in [3.05, 3.63) is 0 Å². The maximum Gasteiger partial charge on any atom is 0.358 e. The van der Waals surface area contributed by atoms with Gasteiger partial charge in [0.25, 0.3) is 0 Å². The Labute approximate surface area is 50.0 Å². The summed E-state index contributed by atoms with van der Waals surface area (Å²) in [5.74, 6) is -1.13. The predicted octanol–water partition coefficient (Wildman–Crippen LogP) is -0.918. The second-order valence-corrected chi connectivity index (χ2v) is 2.67. The van der Waals surface area contributed by atoms with Crippen LogP contribution in [0.1, 0.15) is 6.92 Å². The number of aliphatic carboxylic acids is 1. The van der Waals surface area contributed by atoms with Gasteiger partial charge in [0.2, 0.25) is 5.25 Å². The Bertz CT molecular complexity index is 94.5. The summed E-state index contributed by atoms with van der Waals surface area (Å²) in [5, 5.41) is 11.8. The Morgan fingerprint density at radius 1 is 2.00 bits per heavy atom. The Balaban J connectivity index is 3.64. The molecule has 5 heteroatoms. The minimum atomic E-state index is -1.74. The number of carboxylic acid groups (broad SMARTS) is 1. The highest BCUT2D eigenvalue weighted by atomic mass is 32.2. The number of carbonyl (C=O) groups is 1. The van der Waals surface area contributed by atoms with Gasteiger partial charge in [-0.15, -0.1) is 0 Å². The van der Waals surface area contributed by atoms with E-state index in [0.717, 1.165) is 0 Å². The quantitative estimate of drug-likeness (QED) is 0.482. The number of hydrogen-bond donors (Lipinski definition) is 2. The molecule has 0 aliphatic heterocycles.